The van der Waals surface area contributed by atoms with Crippen molar-refractivity contribution in [1.29, 1.82) is 5.26 Å². The normalized spacial score (nSPS) is 14.6. The molecule has 0 bridgehead atoms. The molecule has 1 fully saturated rings. The van der Waals surface area contributed by atoms with E-state index in [1.807, 2.05) is 31.2 Å². The molecule has 23 heavy (non-hydrogen) atoms. The molecule has 3 aromatic rings. The van der Waals surface area contributed by atoms with Crippen molar-refractivity contribution >= 4 is 16.3 Å². The number of aromatic nitrogens is 3. The van der Waals surface area contributed by atoms with E-state index >= 15 is 0 Å². The molecule has 6 heteroatoms. The summed E-state index contributed by atoms with van der Waals surface area (Å²) in [5.41, 5.74) is 2.10. The number of hydrogen-bond donors (Lipinski definition) is 0. The van der Waals surface area contributed by atoms with Crippen molar-refractivity contribution in [2.24, 2.45) is 0 Å². The maximum Gasteiger partial charge on any atom is 0.214 e. The van der Waals surface area contributed by atoms with Crippen LogP contribution in [0, 0.1) is 11.3 Å². The zero-order chi connectivity index (χ0) is 15.8. The average molecular weight is 324 g/mol. The van der Waals surface area contributed by atoms with Gasteiger partial charge in [0.05, 0.1) is 6.61 Å². The number of ether oxygens (including phenoxy) is 1. The van der Waals surface area contributed by atoms with E-state index in [9.17, 15) is 5.26 Å². The third kappa shape index (κ3) is 2.37. The fraction of sp³-hybridized carbons (Fsp3) is 0.353. The van der Waals surface area contributed by atoms with Gasteiger partial charge in [-0.2, -0.15) is 14.9 Å². The van der Waals surface area contributed by atoms with Crippen LogP contribution in [0.15, 0.2) is 24.3 Å². The van der Waals surface area contributed by atoms with Crippen molar-refractivity contribution in [2.45, 2.75) is 32.1 Å². The number of benzene rings is 1. The van der Waals surface area contributed by atoms with Crippen LogP contribution < -0.4 is 4.74 Å². The zero-order valence-corrected chi connectivity index (χ0v) is 13.6. The minimum absolute atomic E-state index is 0.506. The molecular formula is C17H16N4OS. The first-order chi connectivity index (χ1) is 11.3. The molecule has 0 radical (unpaired) electrons. The summed E-state index contributed by atoms with van der Waals surface area (Å²) in [6.07, 6.45) is 3.67. The van der Waals surface area contributed by atoms with Gasteiger partial charge in [-0.15, -0.1) is 0 Å². The second kappa shape index (κ2) is 5.67. The first-order valence-electron chi connectivity index (χ1n) is 7.83. The van der Waals surface area contributed by atoms with Crippen LogP contribution >= 0.6 is 11.3 Å². The molecule has 0 saturated heterocycles. The van der Waals surface area contributed by atoms with E-state index in [0.717, 1.165) is 21.3 Å². The van der Waals surface area contributed by atoms with Crippen molar-refractivity contribution in [3.8, 4) is 23.1 Å². The zero-order valence-electron chi connectivity index (χ0n) is 12.8. The third-order valence-corrected chi connectivity index (χ3v) is 5.29. The highest BCUT2D eigenvalue weighted by atomic mass is 32.1. The lowest BCUT2D eigenvalue weighted by Crippen LogP contribution is -2.08. The molecule has 2 aromatic heterocycles. The SMILES string of the molecule is CCOc1ccc(-c2nc3sc(C4CCC4)nn3c2C#N)cc1. The summed E-state index contributed by atoms with van der Waals surface area (Å²) in [6, 6.07) is 9.94. The van der Waals surface area contributed by atoms with Gasteiger partial charge in [0.2, 0.25) is 4.96 Å². The first-order valence-corrected chi connectivity index (χ1v) is 8.64. The summed E-state index contributed by atoms with van der Waals surface area (Å²) in [6.45, 7) is 2.59. The Kier molecular flexibility index (Phi) is 3.50. The highest BCUT2D eigenvalue weighted by molar-refractivity contribution is 7.16. The predicted octanol–water partition coefficient (Wildman–Crippen LogP) is 4.00. The lowest BCUT2D eigenvalue weighted by molar-refractivity contribution is 0.340. The Bertz CT molecular complexity index is 884. The molecular weight excluding hydrogens is 308 g/mol. The number of hydrogen-bond acceptors (Lipinski definition) is 5. The third-order valence-electron chi connectivity index (χ3n) is 4.22. The van der Waals surface area contributed by atoms with Gasteiger partial charge in [-0.05, 0) is 44.0 Å². The maximum absolute atomic E-state index is 9.55. The smallest absolute Gasteiger partial charge is 0.214 e. The van der Waals surface area contributed by atoms with Crippen LogP contribution in [0.3, 0.4) is 0 Å². The van der Waals surface area contributed by atoms with E-state index in [2.05, 4.69) is 16.2 Å². The van der Waals surface area contributed by atoms with Gasteiger partial charge >= 0.3 is 0 Å². The highest BCUT2D eigenvalue weighted by Gasteiger charge is 2.25. The number of fused-ring (bicyclic) bond motifs is 1. The van der Waals surface area contributed by atoms with Crippen molar-refractivity contribution in [1.82, 2.24) is 14.6 Å². The lowest BCUT2D eigenvalue weighted by Gasteiger charge is -2.21. The largest absolute Gasteiger partial charge is 0.494 e. The summed E-state index contributed by atoms with van der Waals surface area (Å²) in [5, 5.41) is 15.3. The Morgan fingerprint density at radius 1 is 1.35 bits per heavy atom. The van der Waals surface area contributed by atoms with Crippen molar-refractivity contribution in [3.63, 3.8) is 0 Å². The maximum atomic E-state index is 9.55. The quantitative estimate of drug-likeness (QED) is 0.728. The fourth-order valence-corrected chi connectivity index (χ4v) is 3.83. The molecule has 0 spiro atoms. The standard InChI is InChI=1S/C17H16N4OS/c1-2-22-13-8-6-11(7-9-13)15-14(10-18)21-17(19-15)23-16(20-21)12-4-3-5-12/h6-9,12H,2-5H2,1H3. The Morgan fingerprint density at radius 3 is 2.74 bits per heavy atom. The molecule has 116 valence electrons. The molecule has 0 N–H and O–H groups in total. The van der Waals surface area contributed by atoms with E-state index < -0.39 is 0 Å². The van der Waals surface area contributed by atoms with Gasteiger partial charge < -0.3 is 4.74 Å². The van der Waals surface area contributed by atoms with Gasteiger partial charge in [0.1, 0.15) is 22.5 Å². The molecule has 0 amide bonds. The number of nitriles is 1. The average Bonchev–Trinajstić information content (AvgIpc) is 3.03. The first kappa shape index (κ1) is 14.2. The van der Waals surface area contributed by atoms with Crippen LogP contribution in [0.25, 0.3) is 16.2 Å². The fourth-order valence-electron chi connectivity index (χ4n) is 2.76. The van der Waals surface area contributed by atoms with Crippen LogP contribution in [-0.4, -0.2) is 21.2 Å². The highest BCUT2D eigenvalue weighted by Crippen LogP contribution is 2.39. The van der Waals surface area contributed by atoms with Gasteiger partial charge in [0.15, 0.2) is 5.69 Å². The summed E-state index contributed by atoms with van der Waals surface area (Å²) in [5.74, 6) is 1.38. The Balaban J connectivity index is 1.74. The summed E-state index contributed by atoms with van der Waals surface area (Å²) in [7, 11) is 0. The molecule has 5 nitrogen and oxygen atoms in total. The minimum atomic E-state index is 0.506. The van der Waals surface area contributed by atoms with Gasteiger partial charge in [-0.3, -0.25) is 0 Å². The summed E-state index contributed by atoms with van der Waals surface area (Å²) < 4.78 is 7.16. The molecule has 1 aliphatic carbocycles. The van der Waals surface area contributed by atoms with Crippen LogP contribution in [0.2, 0.25) is 0 Å². The minimum Gasteiger partial charge on any atom is -0.494 e. The second-order valence-electron chi connectivity index (χ2n) is 5.64. The summed E-state index contributed by atoms with van der Waals surface area (Å²) in [4.78, 5) is 5.44. The van der Waals surface area contributed by atoms with E-state index in [4.69, 9.17) is 4.74 Å². The molecule has 1 aliphatic rings. The van der Waals surface area contributed by atoms with E-state index in [1.165, 1.54) is 19.3 Å². The Hall–Kier alpha value is -2.39. The molecule has 2 heterocycles. The lowest BCUT2D eigenvalue weighted by atomic mass is 9.86. The number of nitrogens with zero attached hydrogens (tertiary/aromatic N) is 4. The molecule has 0 aliphatic heterocycles. The van der Waals surface area contributed by atoms with E-state index in [0.29, 0.717) is 23.9 Å². The van der Waals surface area contributed by atoms with Crippen LogP contribution in [-0.2, 0) is 0 Å². The number of imidazole rings is 1. The van der Waals surface area contributed by atoms with Crippen LogP contribution in [0.5, 0.6) is 5.75 Å². The van der Waals surface area contributed by atoms with Crippen molar-refractivity contribution in [2.75, 3.05) is 6.61 Å². The topological polar surface area (TPSA) is 63.2 Å². The van der Waals surface area contributed by atoms with E-state index in [-0.39, 0.29) is 0 Å². The summed E-state index contributed by atoms with van der Waals surface area (Å²) >= 11 is 1.60. The number of rotatable bonds is 4. The molecule has 4 rings (SSSR count). The van der Waals surface area contributed by atoms with Crippen molar-refractivity contribution in [3.05, 3.63) is 35.0 Å². The molecule has 1 saturated carbocycles. The monoisotopic (exact) mass is 324 g/mol. The van der Waals surface area contributed by atoms with Gasteiger partial charge in [-0.25, -0.2) is 4.98 Å². The van der Waals surface area contributed by atoms with Gasteiger partial charge in [0.25, 0.3) is 0 Å². The molecule has 1 aromatic carbocycles. The molecule has 0 unspecified atom stereocenters. The van der Waals surface area contributed by atoms with Crippen molar-refractivity contribution < 1.29 is 4.74 Å². The predicted molar refractivity (Wildman–Crippen MR) is 88.8 cm³/mol. The van der Waals surface area contributed by atoms with Gasteiger partial charge in [-0.1, -0.05) is 17.8 Å². The van der Waals surface area contributed by atoms with Crippen LogP contribution in [0.1, 0.15) is 42.8 Å². The van der Waals surface area contributed by atoms with E-state index in [1.54, 1.807) is 15.9 Å². The Labute approximate surface area is 138 Å². The Morgan fingerprint density at radius 2 is 2.13 bits per heavy atom. The molecule has 0 atom stereocenters. The second-order valence-corrected chi connectivity index (χ2v) is 6.63. The van der Waals surface area contributed by atoms with Gasteiger partial charge in [0, 0.05) is 11.5 Å². The van der Waals surface area contributed by atoms with Crippen LogP contribution in [0.4, 0.5) is 0 Å².